The molecule has 1 N–H and O–H groups in total. The van der Waals surface area contributed by atoms with Crippen molar-refractivity contribution in [1.82, 2.24) is 20.1 Å². The molecule has 3 rings (SSSR count). The Hall–Kier alpha value is -1.82. The fourth-order valence-electron chi connectivity index (χ4n) is 2.62. The van der Waals surface area contributed by atoms with E-state index >= 15 is 0 Å². The van der Waals surface area contributed by atoms with Gasteiger partial charge in [0.25, 0.3) is 0 Å². The fourth-order valence-corrected chi connectivity index (χ4v) is 2.62. The largest absolute Gasteiger partial charge is 0.392 e. The van der Waals surface area contributed by atoms with Crippen LogP contribution in [0.2, 0.25) is 0 Å². The van der Waals surface area contributed by atoms with E-state index in [9.17, 15) is 5.11 Å². The van der Waals surface area contributed by atoms with E-state index in [1.54, 1.807) is 12.4 Å². The van der Waals surface area contributed by atoms with Gasteiger partial charge in [-0.3, -0.25) is 0 Å². The lowest BCUT2D eigenvalue weighted by atomic mass is 9.98. The molecular weight excluding hydrogens is 256 g/mol. The molecule has 20 heavy (non-hydrogen) atoms. The fraction of sp³-hybridized carbons (Fsp3) is 0.571. The van der Waals surface area contributed by atoms with E-state index in [1.165, 1.54) is 12.8 Å². The lowest BCUT2D eigenvalue weighted by Crippen LogP contribution is -2.20. The molecule has 0 aromatic carbocycles. The Labute approximate surface area is 117 Å². The Bertz CT molecular complexity index is 561. The summed E-state index contributed by atoms with van der Waals surface area (Å²) in [6, 6.07) is 0. The van der Waals surface area contributed by atoms with Crippen LogP contribution >= 0.6 is 0 Å². The van der Waals surface area contributed by atoms with E-state index in [-0.39, 0.29) is 0 Å². The minimum atomic E-state index is -0.398. The van der Waals surface area contributed by atoms with Gasteiger partial charge >= 0.3 is 0 Å². The summed E-state index contributed by atoms with van der Waals surface area (Å²) in [5.74, 6) is 1.63. The van der Waals surface area contributed by atoms with Crippen LogP contribution in [0.15, 0.2) is 16.9 Å². The van der Waals surface area contributed by atoms with Crippen molar-refractivity contribution in [2.45, 2.75) is 45.1 Å². The first-order valence-corrected chi connectivity index (χ1v) is 7.02. The van der Waals surface area contributed by atoms with Crippen LogP contribution in [0, 0.1) is 12.8 Å². The summed E-state index contributed by atoms with van der Waals surface area (Å²) in [5.41, 5.74) is 0.981. The molecule has 6 heteroatoms. The molecule has 1 aliphatic carbocycles. The van der Waals surface area contributed by atoms with Crippen molar-refractivity contribution in [3.8, 4) is 11.6 Å². The van der Waals surface area contributed by atoms with Crippen LogP contribution in [-0.2, 0) is 6.42 Å². The third-order valence-corrected chi connectivity index (χ3v) is 3.78. The Morgan fingerprint density at radius 2 is 1.95 bits per heavy atom. The molecular formula is C14H18N4O2. The van der Waals surface area contributed by atoms with Gasteiger partial charge in [0, 0.05) is 12.4 Å². The van der Waals surface area contributed by atoms with E-state index in [0.717, 1.165) is 18.4 Å². The Morgan fingerprint density at radius 1 is 1.25 bits per heavy atom. The third kappa shape index (κ3) is 2.85. The van der Waals surface area contributed by atoms with Crippen molar-refractivity contribution < 1.29 is 9.63 Å². The van der Waals surface area contributed by atoms with Crippen molar-refractivity contribution in [3.05, 3.63) is 23.8 Å². The second kappa shape index (κ2) is 5.66. The summed E-state index contributed by atoms with van der Waals surface area (Å²) in [7, 11) is 0. The molecule has 0 bridgehead atoms. The first kappa shape index (κ1) is 13.2. The maximum Gasteiger partial charge on any atom is 0.240 e. The number of hydrogen-bond acceptors (Lipinski definition) is 6. The molecule has 1 saturated carbocycles. The van der Waals surface area contributed by atoms with Gasteiger partial charge in [0.05, 0.1) is 12.5 Å². The molecule has 2 heterocycles. The van der Waals surface area contributed by atoms with Gasteiger partial charge in [-0.15, -0.1) is 0 Å². The second-order valence-electron chi connectivity index (χ2n) is 5.41. The molecule has 1 fully saturated rings. The summed E-state index contributed by atoms with van der Waals surface area (Å²) in [5, 5.41) is 14.0. The molecule has 6 nitrogen and oxygen atoms in total. The first-order chi connectivity index (χ1) is 9.72. The van der Waals surface area contributed by atoms with E-state index in [4.69, 9.17) is 4.52 Å². The number of aryl methyl sites for hydroxylation is 1. The molecule has 0 radical (unpaired) electrons. The van der Waals surface area contributed by atoms with Gasteiger partial charge in [0.15, 0.2) is 0 Å². The molecule has 0 aliphatic heterocycles. The molecule has 2 aromatic heterocycles. The van der Waals surface area contributed by atoms with Gasteiger partial charge in [-0.2, -0.15) is 4.98 Å². The number of rotatable bonds is 4. The van der Waals surface area contributed by atoms with Crippen molar-refractivity contribution in [2.75, 3.05) is 0 Å². The average Bonchev–Trinajstić information content (AvgIpc) is 3.10. The van der Waals surface area contributed by atoms with Gasteiger partial charge < -0.3 is 9.63 Å². The number of hydrogen-bond donors (Lipinski definition) is 1. The van der Waals surface area contributed by atoms with Crippen molar-refractivity contribution in [1.29, 1.82) is 0 Å². The highest BCUT2D eigenvalue weighted by molar-refractivity contribution is 5.40. The van der Waals surface area contributed by atoms with Gasteiger partial charge in [-0.25, -0.2) is 9.97 Å². The highest BCUT2D eigenvalue weighted by Crippen LogP contribution is 2.29. The predicted molar refractivity (Wildman–Crippen MR) is 71.7 cm³/mol. The summed E-state index contributed by atoms with van der Waals surface area (Å²) in [6.45, 7) is 1.92. The zero-order chi connectivity index (χ0) is 13.9. The lowest BCUT2D eigenvalue weighted by Gasteiger charge is -2.14. The monoisotopic (exact) mass is 274 g/mol. The highest BCUT2D eigenvalue weighted by Gasteiger charge is 2.25. The smallest absolute Gasteiger partial charge is 0.240 e. The second-order valence-corrected chi connectivity index (χ2v) is 5.41. The summed E-state index contributed by atoms with van der Waals surface area (Å²) in [6.07, 6.45) is 8.01. The van der Waals surface area contributed by atoms with Crippen molar-refractivity contribution in [3.63, 3.8) is 0 Å². The van der Waals surface area contributed by atoms with Crippen LogP contribution in [0.3, 0.4) is 0 Å². The number of aliphatic hydroxyl groups is 1. The summed E-state index contributed by atoms with van der Waals surface area (Å²) < 4.78 is 5.18. The van der Waals surface area contributed by atoms with E-state index in [2.05, 4.69) is 20.1 Å². The van der Waals surface area contributed by atoms with Crippen LogP contribution in [0.25, 0.3) is 11.6 Å². The van der Waals surface area contributed by atoms with E-state index in [0.29, 0.717) is 29.9 Å². The van der Waals surface area contributed by atoms with Crippen LogP contribution in [-0.4, -0.2) is 31.3 Å². The molecule has 0 amide bonds. The zero-order valence-corrected chi connectivity index (χ0v) is 11.5. The first-order valence-electron chi connectivity index (χ1n) is 7.02. The predicted octanol–water partition coefficient (Wildman–Crippen LogP) is 1.93. The summed E-state index contributed by atoms with van der Waals surface area (Å²) >= 11 is 0. The zero-order valence-electron chi connectivity index (χ0n) is 11.5. The summed E-state index contributed by atoms with van der Waals surface area (Å²) in [4.78, 5) is 12.6. The molecule has 1 unspecified atom stereocenters. The molecule has 1 aliphatic rings. The van der Waals surface area contributed by atoms with E-state index < -0.39 is 6.10 Å². The number of aliphatic hydroxyl groups excluding tert-OH is 1. The molecule has 1 atom stereocenters. The molecule has 0 spiro atoms. The quantitative estimate of drug-likeness (QED) is 0.917. The van der Waals surface area contributed by atoms with Crippen LogP contribution in [0.4, 0.5) is 0 Å². The van der Waals surface area contributed by atoms with Gasteiger partial charge in [-0.05, 0) is 31.2 Å². The standard InChI is InChI=1S/C14H18N4O2/c1-9-7-15-13(16-8-9)14-17-12(20-18-14)6-11(19)10-4-2-3-5-10/h7-8,10-11,19H,2-6H2,1H3. The minimum Gasteiger partial charge on any atom is -0.392 e. The van der Waals surface area contributed by atoms with Crippen molar-refractivity contribution in [2.24, 2.45) is 5.92 Å². The highest BCUT2D eigenvalue weighted by atomic mass is 16.5. The topological polar surface area (TPSA) is 84.9 Å². The normalized spacial score (nSPS) is 17.5. The van der Waals surface area contributed by atoms with Gasteiger partial charge in [0.1, 0.15) is 0 Å². The molecule has 2 aromatic rings. The lowest BCUT2D eigenvalue weighted by molar-refractivity contribution is 0.102. The van der Waals surface area contributed by atoms with Gasteiger partial charge in [0.2, 0.25) is 17.5 Å². The van der Waals surface area contributed by atoms with Crippen LogP contribution < -0.4 is 0 Å². The van der Waals surface area contributed by atoms with Crippen LogP contribution in [0.5, 0.6) is 0 Å². The van der Waals surface area contributed by atoms with Crippen molar-refractivity contribution >= 4 is 0 Å². The molecule has 0 saturated heterocycles. The number of nitrogens with zero attached hydrogens (tertiary/aromatic N) is 4. The minimum absolute atomic E-state index is 0.362. The Kier molecular flexibility index (Phi) is 3.73. The van der Waals surface area contributed by atoms with Crippen LogP contribution in [0.1, 0.15) is 37.1 Å². The van der Waals surface area contributed by atoms with Gasteiger partial charge in [-0.1, -0.05) is 18.0 Å². The third-order valence-electron chi connectivity index (χ3n) is 3.78. The van der Waals surface area contributed by atoms with E-state index in [1.807, 2.05) is 6.92 Å². The number of aromatic nitrogens is 4. The molecule has 106 valence electrons. The Balaban J connectivity index is 1.68. The average molecular weight is 274 g/mol. The maximum atomic E-state index is 10.2. The SMILES string of the molecule is Cc1cnc(-c2noc(CC(O)C3CCCC3)n2)nc1. The maximum absolute atomic E-state index is 10.2. The Morgan fingerprint density at radius 3 is 2.65 bits per heavy atom.